The highest BCUT2D eigenvalue weighted by atomic mass is 14.9. The van der Waals surface area contributed by atoms with E-state index in [4.69, 9.17) is 0 Å². The second-order valence-electron chi connectivity index (χ2n) is 4.74. The van der Waals surface area contributed by atoms with E-state index in [1.165, 1.54) is 24.9 Å². The second kappa shape index (κ2) is 6.02. The molecule has 0 aromatic heterocycles. The fourth-order valence-electron chi connectivity index (χ4n) is 2.42. The Labute approximate surface area is 98.4 Å². The van der Waals surface area contributed by atoms with Crippen molar-refractivity contribution in [3.05, 3.63) is 35.9 Å². The maximum atomic E-state index is 3.52. The van der Waals surface area contributed by atoms with Crippen molar-refractivity contribution in [2.75, 3.05) is 13.1 Å². The number of rotatable bonds is 5. The van der Waals surface area contributed by atoms with Crippen LogP contribution in [0.2, 0.25) is 0 Å². The van der Waals surface area contributed by atoms with E-state index >= 15 is 0 Å². The van der Waals surface area contributed by atoms with Gasteiger partial charge >= 0.3 is 0 Å². The molecule has 1 unspecified atom stereocenters. The van der Waals surface area contributed by atoms with E-state index in [-0.39, 0.29) is 0 Å². The summed E-state index contributed by atoms with van der Waals surface area (Å²) in [6.45, 7) is 5.63. The third kappa shape index (κ3) is 3.32. The predicted molar refractivity (Wildman–Crippen MR) is 68.3 cm³/mol. The summed E-state index contributed by atoms with van der Waals surface area (Å²) in [7, 11) is 0. The molecule has 16 heavy (non-hydrogen) atoms. The van der Waals surface area contributed by atoms with Crippen molar-refractivity contribution >= 4 is 0 Å². The average Bonchev–Trinajstić information content (AvgIpc) is 2.72. The molecular formula is C14H22N2. The monoisotopic (exact) mass is 218 g/mol. The van der Waals surface area contributed by atoms with Crippen LogP contribution >= 0.6 is 0 Å². The van der Waals surface area contributed by atoms with Gasteiger partial charge in [0.2, 0.25) is 0 Å². The summed E-state index contributed by atoms with van der Waals surface area (Å²) in [5.41, 5.74) is 1.38. The van der Waals surface area contributed by atoms with E-state index < -0.39 is 0 Å². The van der Waals surface area contributed by atoms with Crippen molar-refractivity contribution in [2.24, 2.45) is 5.92 Å². The van der Waals surface area contributed by atoms with E-state index in [2.05, 4.69) is 47.9 Å². The SMILES string of the molecule is CC1NCC[C@@H]1CCNCc1ccccc1. The minimum absolute atomic E-state index is 0.707. The molecule has 1 aliphatic rings. The first-order valence-electron chi connectivity index (χ1n) is 6.34. The lowest BCUT2D eigenvalue weighted by Gasteiger charge is -2.15. The largest absolute Gasteiger partial charge is 0.314 e. The lowest BCUT2D eigenvalue weighted by atomic mass is 9.98. The van der Waals surface area contributed by atoms with Crippen LogP contribution in [-0.2, 0) is 6.54 Å². The molecule has 2 nitrogen and oxygen atoms in total. The summed E-state index contributed by atoms with van der Waals surface area (Å²) in [6, 6.07) is 11.3. The van der Waals surface area contributed by atoms with Crippen molar-refractivity contribution in [1.29, 1.82) is 0 Å². The van der Waals surface area contributed by atoms with Crippen LogP contribution in [0.25, 0.3) is 0 Å². The highest BCUT2D eigenvalue weighted by Gasteiger charge is 2.21. The van der Waals surface area contributed by atoms with Gasteiger partial charge in [-0.3, -0.25) is 0 Å². The Hall–Kier alpha value is -0.860. The topological polar surface area (TPSA) is 24.1 Å². The van der Waals surface area contributed by atoms with Crippen molar-refractivity contribution < 1.29 is 0 Å². The summed E-state index contributed by atoms with van der Waals surface area (Å²) in [6.07, 6.45) is 2.63. The molecule has 2 rings (SSSR count). The van der Waals surface area contributed by atoms with Gasteiger partial charge in [0.25, 0.3) is 0 Å². The van der Waals surface area contributed by atoms with Gasteiger partial charge in [-0.25, -0.2) is 0 Å². The van der Waals surface area contributed by atoms with Gasteiger partial charge in [-0.15, -0.1) is 0 Å². The second-order valence-corrected chi connectivity index (χ2v) is 4.74. The highest BCUT2D eigenvalue weighted by molar-refractivity contribution is 5.14. The Morgan fingerprint density at radius 2 is 2.12 bits per heavy atom. The number of nitrogens with one attached hydrogen (secondary N) is 2. The van der Waals surface area contributed by atoms with Crippen molar-refractivity contribution in [3.63, 3.8) is 0 Å². The zero-order chi connectivity index (χ0) is 11.2. The van der Waals surface area contributed by atoms with Gasteiger partial charge in [-0.05, 0) is 44.3 Å². The molecule has 2 N–H and O–H groups in total. The maximum Gasteiger partial charge on any atom is 0.0205 e. The molecule has 0 saturated carbocycles. The first kappa shape index (κ1) is 11.6. The fourth-order valence-corrected chi connectivity index (χ4v) is 2.42. The molecule has 0 bridgehead atoms. The van der Waals surface area contributed by atoms with Crippen LogP contribution in [0.5, 0.6) is 0 Å². The van der Waals surface area contributed by atoms with Crippen LogP contribution < -0.4 is 10.6 Å². The quantitative estimate of drug-likeness (QED) is 0.740. The Bertz CT molecular complexity index is 297. The first-order valence-corrected chi connectivity index (χ1v) is 6.34. The Morgan fingerprint density at radius 3 is 2.81 bits per heavy atom. The van der Waals surface area contributed by atoms with Gasteiger partial charge in [0, 0.05) is 12.6 Å². The standard InChI is InChI=1S/C14H22N2/c1-12-14(8-10-16-12)7-9-15-11-13-5-3-2-4-6-13/h2-6,12,14-16H,7-11H2,1H3/t12?,14-/m0/s1. The predicted octanol–water partition coefficient (Wildman–Crippen LogP) is 2.16. The third-order valence-electron chi connectivity index (χ3n) is 3.55. The third-order valence-corrected chi connectivity index (χ3v) is 3.55. The summed E-state index contributed by atoms with van der Waals surface area (Å²) in [4.78, 5) is 0. The summed E-state index contributed by atoms with van der Waals surface area (Å²) < 4.78 is 0. The molecule has 0 spiro atoms. The summed E-state index contributed by atoms with van der Waals surface area (Å²) >= 11 is 0. The lowest BCUT2D eigenvalue weighted by Crippen LogP contribution is -2.25. The van der Waals surface area contributed by atoms with Crippen LogP contribution in [0.1, 0.15) is 25.3 Å². The molecule has 1 aromatic rings. The van der Waals surface area contributed by atoms with E-state index in [9.17, 15) is 0 Å². The van der Waals surface area contributed by atoms with Gasteiger partial charge in [0.1, 0.15) is 0 Å². The summed E-state index contributed by atoms with van der Waals surface area (Å²) in [5, 5.41) is 7.02. The van der Waals surface area contributed by atoms with Gasteiger partial charge < -0.3 is 10.6 Å². The van der Waals surface area contributed by atoms with Gasteiger partial charge in [-0.2, -0.15) is 0 Å². The van der Waals surface area contributed by atoms with Crippen LogP contribution in [0.15, 0.2) is 30.3 Å². The highest BCUT2D eigenvalue weighted by Crippen LogP contribution is 2.18. The molecule has 1 heterocycles. The molecule has 1 saturated heterocycles. The summed E-state index contributed by atoms with van der Waals surface area (Å²) in [5.74, 6) is 0.864. The molecular weight excluding hydrogens is 196 g/mol. The van der Waals surface area contributed by atoms with Crippen molar-refractivity contribution in [3.8, 4) is 0 Å². The molecule has 1 aliphatic heterocycles. The Morgan fingerprint density at radius 1 is 1.31 bits per heavy atom. The van der Waals surface area contributed by atoms with E-state index in [0.29, 0.717) is 6.04 Å². The molecule has 1 fully saturated rings. The Balaban J connectivity index is 1.62. The lowest BCUT2D eigenvalue weighted by molar-refractivity contribution is 0.429. The first-order chi connectivity index (χ1) is 7.86. The molecule has 0 amide bonds. The number of hydrogen-bond acceptors (Lipinski definition) is 2. The van der Waals surface area contributed by atoms with Crippen molar-refractivity contribution in [1.82, 2.24) is 10.6 Å². The molecule has 0 aliphatic carbocycles. The molecule has 0 radical (unpaired) electrons. The zero-order valence-corrected chi connectivity index (χ0v) is 10.1. The number of hydrogen-bond donors (Lipinski definition) is 2. The van der Waals surface area contributed by atoms with Gasteiger partial charge in [0.15, 0.2) is 0 Å². The Kier molecular flexibility index (Phi) is 4.37. The number of benzene rings is 1. The van der Waals surface area contributed by atoms with E-state index in [0.717, 1.165) is 19.0 Å². The molecule has 2 heteroatoms. The van der Waals surface area contributed by atoms with Gasteiger partial charge in [0.05, 0.1) is 0 Å². The van der Waals surface area contributed by atoms with Crippen LogP contribution in [0.3, 0.4) is 0 Å². The minimum Gasteiger partial charge on any atom is -0.314 e. The van der Waals surface area contributed by atoms with Crippen LogP contribution in [0.4, 0.5) is 0 Å². The molecule has 88 valence electrons. The van der Waals surface area contributed by atoms with Crippen LogP contribution in [0, 0.1) is 5.92 Å². The minimum atomic E-state index is 0.707. The van der Waals surface area contributed by atoms with E-state index in [1.807, 2.05) is 0 Å². The van der Waals surface area contributed by atoms with E-state index in [1.54, 1.807) is 0 Å². The smallest absolute Gasteiger partial charge is 0.0205 e. The van der Waals surface area contributed by atoms with Crippen LogP contribution in [-0.4, -0.2) is 19.1 Å². The van der Waals surface area contributed by atoms with Crippen molar-refractivity contribution in [2.45, 2.75) is 32.4 Å². The van der Waals surface area contributed by atoms with Gasteiger partial charge in [-0.1, -0.05) is 30.3 Å². The normalized spacial score (nSPS) is 24.8. The molecule has 2 atom stereocenters. The zero-order valence-electron chi connectivity index (χ0n) is 10.1. The average molecular weight is 218 g/mol. The molecule has 1 aromatic carbocycles. The fraction of sp³-hybridized carbons (Fsp3) is 0.571. The maximum absolute atomic E-state index is 3.52.